The maximum Gasteiger partial charge on any atom is 0.252 e. The first-order valence-corrected chi connectivity index (χ1v) is 13.0. The average molecular weight is 494 g/mol. The van der Waals surface area contributed by atoms with Gasteiger partial charge in [-0.05, 0) is 66.1 Å². The van der Waals surface area contributed by atoms with Crippen molar-refractivity contribution in [1.29, 1.82) is 0 Å². The van der Waals surface area contributed by atoms with Gasteiger partial charge < -0.3 is 10.6 Å². The fraction of sp³-hybridized carbons (Fsp3) is 0.269. The van der Waals surface area contributed by atoms with Gasteiger partial charge in [0.2, 0.25) is 11.8 Å². The van der Waals surface area contributed by atoms with Crippen LogP contribution >= 0.6 is 22.7 Å². The van der Waals surface area contributed by atoms with Crippen molar-refractivity contribution in [1.82, 2.24) is 5.32 Å². The van der Waals surface area contributed by atoms with Crippen LogP contribution in [0.25, 0.3) is 6.08 Å². The number of carbonyl (C=O) groups is 3. The first-order valence-electron chi connectivity index (χ1n) is 11.3. The van der Waals surface area contributed by atoms with Crippen LogP contribution in [0.15, 0.2) is 65.4 Å². The summed E-state index contributed by atoms with van der Waals surface area (Å²) in [6, 6.07) is 14.0. The van der Waals surface area contributed by atoms with Gasteiger partial charge in [0.15, 0.2) is 0 Å². The third-order valence-corrected chi connectivity index (χ3v) is 7.42. The molecule has 176 valence electrons. The van der Waals surface area contributed by atoms with Crippen molar-refractivity contribution >= 4 is 57.8 Å². The summed E-state index contributed by atoms with van der Waals surface area (Å²) in [4.78, 5) is 41.9. The van der Waals surface area contributed by atoms with Crippen molar-refractivity contribution in [2.45, 2.75) is 44.7 Å². The Labute approximate surface area is 207 Å². The van der Waals surface area contributed by atoms with Crippen LogP contribution in [-0.4, -0.2) is 23.8 Å². The summed E-state index contributed by atoms with van der Waals surface area (Å²) in [5.74, 6) is -0.647. The van der Waals surface area contributed by atoms with Crippen molar-refractivity contribution < 1.29 is 14.4 Å². The number of carbonyl (C=O) groups excluding carboxylic acids is 3. The molecular formula is C26H27N3O3S2. The highest BCUT2D eigenvalue weighted by molar-refractivity contribution is 7.11. The number of hydrogen-bond acceptors (Lipinski definition) is 5. The van der Waals surface area contributed by atoms with Crippen LogP contribution in [0, 0.1) is 0 Å². The van der Waals surface area contributed by atoms with Gasteiger partial charge >= 0.3 is 0 Å². The quantitative estimate of drug-likeness (QED) is 0.400. The highest BCUT2D eigenvalue weighted by Gasteiger charge is 2.34. The minimum Gasteiger partial charge on any atom is -0.351 e. The average Bonchev–Trinajstić information content (AvgIpc) is 3.60. The molecule has 6 nitrogen and oxygen atoms in total. The highest BCUT2D eigenvalue weighted by Crippen LogP contribution is 2.32. The monoisotopic (exact) mass is 493 g/mol. The topological polar surface area (TPSA) is 78.5 Å². The molecule has 0 aliphatic heterocycles. The summed E-state index contributed by atoms with van der Waals surface area (Å²) in [6.07, 6.45) is 7.40. The molecule has 8 heteroatoms. The predicted molar refractivity (Wildman–Crippen MR) is 139 cm³/mol. The fourth-order valence-corrected chi connectivity index (χ4v) is 5.53. The number of thiophene rings is 2. The van der Waals surface area contributed by atoms with E-state index in [1.807, 2.05) is 35.0 Å². The molecule has 3 amide bonds. The molecule has 34 heavy (non-hydrogen) atoms. The second-order valence-corrected chi connectivity index (χ2v) is 10.2. The largest absolute Gasteiger partial charge is 0.351 e. The van der Waals surface area contributed by atoms with Gasteiger partial charge in [0, 0.05) is 40.2 Å². The molecule has 1 saturated carbocycles. The lowest BCUT2D eigenvalue weighted by Crippen LogP contribution is -2.45. The zero-order chi connectivity index (χ0) is 23.9. The van der Waals surface area contributed by atoms with E-state index in [9.17, 15) is 14.4 Å². The van der Waals surface area contributed by atoms with Crippen LogP contribution in [0.3, 0.4) is 0 Å². The Morgan fingerprint density at radius 3 is 2.32 bits per heavy atom. The summed E-state index contributed by atoms with van der Waals surface area (Å²) in [6.45, 7) is 1.44. The Bertz CT molecular complexity index is 1130. The zero-order valence-electron chi connectivity index (χ0n) is 18.9. The molecule has 0 spiro atoms. The van der Waals surface area contributed by atoms with Crippen LogP contribution in [0.1, 0.15) is 48.4 Å². The first kappa shape index (κ1) is 23.9. The molecule has 3 aromatic rings. The summed E-state index contributed by atoms with van der Waals surface area (Å²) in [7, 11) is 0. The second-order valence-electron chi connectivity index (χ2n) is 8.19. The molecule has 0 bridgehead atoms. The smallest absolute Gasteiger partial charge is 0.252 e. The maximum absolute atomic E-state index is 13.6. The van der Waals surface area contributed by atoms with E-state index in [0.29, 0.717) is 11.4 Å². The van der Waals surface area contributed by atoms with Crippen molar-refractivity contribution in [3.05, 3.63) is 75.1 Å². The van der Waals surface area contributed by atoms with Crippen LogP contribution < -0.4 is 15.5 Å². The Morgan fingerprint density at radius 1 is 1.00 bits per heavy atom. The Hall–Kier alpha value is -3.23. The van der Waals surface area contributed by atoms with Gasteiger partial charge in [-0.3, -0.25) is 19.3 Å². The second kappa shape index (κ2) is 11.3. The lowest BCUT2D eigenvalue weighted by Gasteiger charge is -2.31. The molecule has 0 saturated heterocycles. The molecule has 2 heterocycles. The van der Waals surface area contributed by atoms with E-state index in [2.05, 4.69) is 10.6 Å². The molecule has 0 radical (unpaired) electrons. The van der Waals surface area contributed by atoms with Gasteiger partial charge in [-0.15, -0.1) is 22.7 Å². The summed E-state index contributed by atoms with van der Waals surface area (Å²) in [5.41, 5.74) is 1.20. The molecule has 1 aliphatic carbocycles. The van der Waals surface area contributed by atoms with Crippen LogP contribution in [0.4, 0.5) is 11.4 Å². The first-order chi connectivity index (χ1) is 16.5. The van der Waals surface area contributed by atoms with E-state index in [1.54, 1.807) is 30.3 Å². The van der Waals surface area contributed by atoms with Crippen molar-refractivity contribution in [3.8, 4) is 0 Å². The van der Waals surface area contributed by atoms with Gasteiger partial charge in [0.25, 0.3) is 5.91 Å². The summed E-state index contributed by atoms with van der Waals surface area (Å²) < 4.78 is 0. The minimum atomic E-state index is -0.798. The number of nitrogens with one attached hydrogen (secondary N) is 2. The molecular weight excluding hydrogens is 466 g/mol. The van der Waals surface area contributed by atoms with Crippen LogP contribution in [-0.2, 0) is 14.4 Å². The van der Waals surface area contributed by atoms with E-state index in [-0.39, 0.29) is 23.8 Å². The summed E-state index contributed by atoms with van der Waals surface area (Å²) in [5, 5.41) is 9.78. The molecule has 1 fully saturated rings. The lowest BCUT2D eigenvalue weighted by atomic mass is 10.1. The molecule has 2 N–H and O–H groups in total. The predicted octanol–water partition coefficient (Wildman–Crippen LogP) is 5.61. The number of hydrogen-bond donors (Lipinski definition) is 2. The van der Waals surface area contributed by atoms with E-state index in [4.69, 9.17) is 0 Å². The molecule has 1 aliphatic rings. The van der Waals surface area contributed by atoms with E-state index < -0.39 is 6.04 Å². The van der Waals surface area contributed by atoms with Crippen molar-refractivity contribution in [2.24, 2.45) is 0 Å². The number of benzene rings is 1. The van der Waals surface area contributed by atoms with Crippen LogP contribution in [0.2, 0.25) is 0 Å². The number of rotatable bonds is 8. The SMILES string of the molecule is CC(=O)Nc1ccc(N(C(=O)C=Cc2cccs2)C(C(=O)NC2CCCC2)c2cccs2)cc1. The Balaban J connectivity index is 1.70. The molecule has 2 aromatic heterocycles. The molecule has 4 rings (SSSR count). The van der Waals surface area contributed by atoms with E-state index in [0.717, 1.165) is 35.4 Å². The molecule has 1 unspecified atom stereocenters. The van der Waals surface area contributed by atoms with Gasteiger partial charge in [-0.25, -0.2) is 0 Å². The summed E-state index contributed by atoms with van der Waals surface area (Å²) >= 11 is 2.99. The third-order valence-electron chi connectivity index (χ3n) is 5.66. The molecule has 1 aromatic carbocycles. The lowest BCUT2D eigenvalue weighted by molar-refractivity contribution is -0.125. The Kier molecular flexibility index (Phi) is 7.92. The van der Waals surface area contributed by atoms with Gasteiger partial charge in [0.05, 0.1) is 0 Å². The Morgan fingerprint density at radius 2 is 1.71 bits per heavy atom. The molecule has 1 atom stereocenters. The van der Waals surface area contributed by atoms with Crippen molar-refractivity contribution in [2.75, 3.05) is 10.2 Å². The van der Waals surface area contributed by atoms with Crippen LogP contribution in [0.5, 0.6) is 0 Å². The van der Waals surface area contributed by atoms with E-state index >= 15 is 0 Å². The highest BCUT2D eigenvalue weighted by atomic mass is 32.1. The van der Waals surface area contributed by atoms with Crippen molar-refractivity contribution in [3.63, 3.8) is 0 Å². The number of nitrogens with zero attached hydrogens (tertiary/aromatic N) is 1. The van der Waals surface area contributed by atoms with E-state index in [1.165, 1.54) is 40.6 Å². The number of amides is 3. The van der Waals surface area contributed by atoms with Gasteiger partial charge in [-0.1, -0.05) is 25.0 Å². The van der Waals surface area contributed by atoms with Gasteiger partial charge in [-0.2, -0.15) is 0 Å². The zero-order valence-corrected chi connectivity index (χ0v) is 20.5. The minimum absolute atomic E-state index is 0.135. The third kappa shape index (κ3) is 6.01. The number of anilines is 2. The van der Waals surface area contributed by atoms with Gasteiger partial charge in [0.1, 0.15) is 6.04 Å². The normalized spacial score (nSPS) is 14.7. The maximum atomic E-state index is 13.6. The standard InChI is InChI=1S/C26H27N3O3S2/c1-18(30)27-20-10-12-21(13-11-20)29(24(31)15-14-22-8-4-16-33-22)25(23-9-5-17-34-23)26(32)28-19-6-2-3-7-19/h4-5,8-17,19,25H,2-3,6-7H2,1H3,(H,27,30)(H,28,32). The fourth-order valence-electron chi connectivity index (χ4n) is 4.10.